The van der Waals surface area contributed by atoms with Gasteiger partial charge in [0.2, 0.25) is 0 Å². The van der Waals surface area contributed by atoms with Crippen molar-refractivity contribution in [1.29, 1.82) is 0 Å². The Morgan fingerprint density at radius 3 is 2.25 bits per heavy atom. The number of aliphatic hydroxyl groups is 2. The molecule has 0 amide bonds. The smallest absolute Gasteiger partial charge is 0.120 e. The Kier molecular flexibility index (Phi) is 2.29. The minimum absolute atomic E-state index is 0.116. The van der Waals surface area contributed by atoms with E-state index in [2.05, 4.69) is 0 Å². The zero-order chi connectivity index (χ0) is 9.35. The predicted molar refractivity (Wildman–Crippen MR) is 48.0 cm³/mol. The summed E-state index contributed by atoms with van der Waals surface area (Å²) < 4.78 is 0. The second-order valence-electron chi connectivity index (χ2n) is 4.09. The molecule has 0 saturated carbocycles. The fraction of sp³-hybridized carbons (Fsp3) is 0.500. The molecule has 0 atom stereocenters. The molecular formula is C10H15O2. The van der Waals surface area contributed by atoms with Crippen LogP contribution in [-0.2, 0) is 0 Å². The molecule has 1 aliphatic carbocycles. The second-order valence-corrected chi connectivity index (χ2v) is 4.09. The first-order valence-corrected chi connectivity index (χ1v) is 4.08. The van der Waals surface area contributed by atoms with E-state index < -0.39 is 0 Å². The van der Waals surface area contributed by atoms with E-state index in [1.165, 1.54) is 0 Å². The molecule has 0 fully saturated rings. The van der Waals surface area contributed by atoms with Crippen LogP contribution in [0.1, 0.15) is 27.2 Å². The van der Waals surface area contributed by atoms with E-state index in [9.17, 15) is 10.2 Å². The SMILES string of the molecule is CC(C)(C)C1=C[C](O)CC=C1O. The summed E-state index contributed by atoms with van der Waals surface area (Å²) in [4.78, 5) is 0. The van der Waals surface area contributed by atoms with Gasteiger partial charge in [-0.1, -0.05) is 20.8 Å². The Balaban J connectivity index is 2.94. The normalized spacial score (nSPS) is 20.3. The third-order valence-electron chi connectivity index (χ3n) is 1.90. The monoisotopic (exact) mass is 167 g/mol. The minimum Gasteiger partial charge on any atom is -0.508 e. The van der Waals surface area contributed by atoms with Crippen LogP contribution >= 0.6 is 0 Å². The van der Waals surface area contributed by atoms with E-state index in [4.69, 9.17) is 0 Å². The van der Waals surface area contributed by atoms with E-state index in [0.29, 0.717) is 18.3 Å². The first kappa shape index (κ1) is 9.33. The molecule has 1 aliphatic rings. The van der Waals surface area contributed by atoms with Crippen molar-refractivity contribution in [2.75, 3.05) is 0 Å². The number of aliphatic hydroxyl groups excluding tert-OH is 2. The molecule has 1 rings (SSSR count). The molecule has 0 aromatic carbocycles. The van der Waals surface area contributed by atoms with Gasteiger partial charge >= 0.3 is 0 Å². The van der Waals surface area contributed by atoms with Crippen molar-refractivity contribution in [3.8, 4) is 0 Å². The van der Waals surface area contributed by atoms with Crippen LogP contribution in [0.5, 0.6) is 0 Å². The maximum atomic E-state index is 9.49. The van der Waals surface area contributed by atoms with Gasteiger partial charge in [0.25, 0.3) is 0 Å². The topological polar surface area (TPSA) is 40.5 Å². The van der Waals surface area contributed by atoms with Crippen LogP contribution in [-0.4, -0.2) is 10.2 Å². The Morgan fingerprint density at radius 1 is 1.25 bits per heavy atom. The van der Waals surface area contributed by atoms with Gasteiger partial charge in [0.15, 0.2) is 0 Å². The molecule has 0 aromatic rings. The van der Waals surface area contributed by atoms with Gasteiger partial charge in [-0.15, -0.1) is 0 Å². The van der Waals surface area contributed by atoms with Crippen LogP contribution in [0.3, 0.4) is 0 Å². The van der Waals surface area contributed by atoms with Crippen molar-refractivity contribution in [2.24, 2.45) is 5.41 Å². The Morgan fingerprint density at radius 2 is 1.83 bits per heavy atom. The lowest BCUT2D eigenvalue weighted by Gasteiger charge is -2.25. The number of rotatable bonds is 0. The maximum Gasteiger partial charge on any atom is 0.120 e. The quantitative estimate of drug-likeness (QED) is 0.582. The van der Waals surface area contributed by atoms with Gasteiger partial charge in [-0.2, -0.15) is 0 Å². The summed E-state index contributed by atoms with van der Waals surface area (Å²) in [5.41, 5.74) is 0.681. The van der Waals surface area contributed by atoms with Crippen molar-refractivity contribution in [2.45, 2.75) is 27.2 Å². The van der Waals surface area contributed by atoms with Gasteiger partial charge in [0.05, 0.1) is 0 Å². The van der Waals surface area contributed by atoms with Gasteiger partial charge < -0.3 is 10.2 Å². The van der Waals surface area contributed by atoms with Gasteiger partial charge in [0.1, 0.15) is 11.9 Å². The summed E-state index contributed by atoms with van der Waals surface area (Å²) in [5.74, 6) is 0.292. The third kappa shape index (κ3) is 1.89. The van der Waals surface area contributed by atoms with Gasteiger partial charge in [0, 0.05) is 6.42 Å². The molecule has 67 valence electrons. The molecular weight excluding hydrogens is 152 g/mol. The molecule has 2 nitrogen and oxygen atoms in total. The average Bonchev–Trinajstić information content (AvgIpc) is 1.92. The Labute approximate surface area is 73.2 Å². The van der Waals surface area contributed by atoms with Crippen molar-refractivity contribution in [3.63, 3.8) is 0 Å². The molecule has 2 N–H and O–H groups in total. The molecule has 2 heteroatoms. The maximum absolute atomic E-state index is 9.49. The molecule has 0 saturated heterocycles. The second kappa shape index (κ2) is 2.94. The lowest BCUT2D eigenvalue weighted by atomic mass is 9.82. The number of hydrogen-bond donors (Lipinski definition) is 2. The molecule has 0 spiro atoms. The zero-order valence-corrected chi connectivity index (χ0v) is 7.76. The fourth-order valence-corrected chi connectivity index (χ4v) is 1.21. The first-order valence-electron chi connectivity index (χ1n) is 4.08. The molecule has 1 radical (unpaired) electrons. The highest BCUT2D eigenvalue weighted by atomic mass is 16.3. The molecule has 12 heavy (non-hydrogen) atoms. The number of hydrogen-bond acceptors (Lipinski definition) is 2. The molecule has 0 heterocycles. The van der Waals surface area contributed by atoms with Crippen LogP contribution in [0.25, 0.3) is 0 Å². The lowest BCUT2D eigenvalue weighted by Crippen LogP contribution is -2.15. The fourth-order valence-electron chi connectivity index (χ4n) is 1.21. The van der Waals surface area contributed by atoms with Crippen molar-refractivity contribution in [3.05, 3.63) is 29.6 Å². The number of allylic oxidation sites excluding steroid dienone is 1. The van der Waals surface area contributed by atoms with Crippen molar-refractivity contribution < 1.29 is 10.2 Å². The van der Waals surface area contributed by atoms with E-state index in [-0.39, 0.29) is 5.41 Å². The summed E-state index contributed by atoms with van der Waals surface area (Å²) in [6, 6.07) is 0. The van der Waals surface area contributed by atoms with Crippen LogP contribution < -0.4 is 0 Å². The van der Waals surface area contributed by atoms with Gasteiger partial charge in [-0.05, 0) is 23.1 Å². The van der Waals surface area contributed by atoms with Crippen molar-refractivity contribution in [1.82, 2.24) is 0 Å². The summed E-state index contributed by atoms with van der Waals surface area (Å²) in [6.07, 6.45) is 4.04. The van der Waals surface area contributed by atoms with E-state index in [1.807, 2.05) is 20.8 Å². The summed E-state index contributed by atoms with van der Waals surface area (Å²) in [6.45, 7) is 6.00. The first-order chi connectivity index (χ1) is 5.41. The minimum atomic E-state index is -0.116. The van der Waals surface area contributed by atoms with Crippen molar-refractivity contribution >= 4 is 0 Å². The van der Waals surface area contributed by atoms with Gasteiger partial charge in [-0.25, -0.2) is 0 Å². The Bertz CT molecular complexity index is 231. The summed E-state index contributed by atoms with van der Waals surface area (Å²) in [7, 11) is 0. The highest BCUT2D eigenvalue weighted by Crippen LogP contribution is 2.34. The summed E-state index contributed by atoms with van der Waals surface area (Å²) in [5, 5.41) is 18.7. The predicted octanol–water partition coefficient (Wildman–Crippen LogP) is 2.71. The van der Waals surface area contributed by atoms with Crippen LogP contribution in [0.2, 0.25) is 0 Å². The van der Waals surface area contributed by atoms with Crippen LogP contribution in [0.4, 0.5) is 0 Å². The van der Waals surface area contributed by atoms with E-state index in [0.717, 1.165) is 5.57 Å². The summed E-state index contributed by atoms with van der Waals surface area (Å²) >= 11 is 0. The molecule has 0 aromatic heterocycles. The zero-order valence-electron chi connectivity index (χ0n) is 7.76. The Hall–Kier alpha value is -0.760. The molecule has 0 aliphatic heterocycles. The molecule has 0 unspecified atom stereocenters. The van der Waals surface area contributed by atoms with E-state index in [1.54, 1.807) is 12.2 Å². The lowest BCUT2D eigenvalue weighted by molar-refractivity contribution is 0.309. The van der Waals surface area contributed by atoms with Gasteiger partial charge in [-0.3, -0.25) is 0 Å². The standard InChI is InChI=1S/C10H15O2/c1-10(2,3)8-6-7(11)4-5-9(8)12/h5-6,11-12H,4H2,1-3H3. The highest BCUT2D eigenvalue weighted by molar-refractivity contribution is 5.37. The largest absolute Gasteiger partial charge is 0.508 e. The van der Waals surface area contributed by atoms with E-state index >= 15 is 0 Å². The third-order valence-corrected chi connectivity index (χ3v) is 1.90. The van der Waals surface area contributed by atoms with Crippen LogP contribution in [0, 0.1) is 11.5 Å². The molecule has 0 bridgehead atoms. The highest BCUT2D eigenvalue weighted by Gasteiger charge is 2.24. The average molecular weight is 167 g/mol. The van der Waals surface area contributed by atoms with Crippen LogP contribution in [0.15, 0.2) is 23.5 Å².